The van der Waals surface area contributed by atoms with Gasteiger partial charge < -0.3 is 0 Å². The highest BCUT2D eigenvalue weighted by molar-refractivity contribution is 4.68. The van der Waals surface area contributed by atoms with Crippen molar-refractivity contribution in [3.05, 3.63) is 0 Å². The van der Waals surface area contributed by atoms with Gasteiger partial charge in [-0.15, -0.1) is 0 Å². The smallest absolute Gasteiger partial charge is 0.0414 e. The molecule has 108 valence electrons. The molecule has 0 bridgehead atoms. The molecule has 0 aromatic rings. The first kappa shape index (κ1) is 16.1. The SMILES string of the molecule is CCCCCCC(CCC)CCC1CCCCC1. The van der Waals surface area contributed by atoms with Crippen molar-refractivity contribution in [2.45, 2.75) is 104 Å². The first-order chi connectivity index (χ1) is 8.86. The van der Waals surface area contributed by atoms with E-state index in [9.17, 15) is 0 Å². The van der Waals surface area contributed by atoms with Gasteiger partial charge >= 0.3 is 0 Å². The van der Waals surface area contributed by atoms with Gasteiger partial charge in [-0.3, -0.25) is 0 Å². The largest absolute Gasteiger partial charge is 0.0654 e. The molecule has 0 heteroatoms. The Morgan fingerprint density at radius 3 is 2.22 bits per heavy atom. The summed E-state index contributed by atoms with van der Waals surface area (Å²) >= 11 is 0. The van der Waals surface area contributed by atoms with Crippen molar-refractivity contribution in [1.82, 2.24) is 0 Å². The van der Waals surface area contributed by atoms with Crippen molar-refractivity contribution < 1.29 is 0 Å². The maximum Gasteiger partial charge on any atom is -0.0414 e. The van der Waals surface area contributed by atoms with Crippen LogP contribution in [0.5, 0.6) is 0 Å². The second kappa shape index (κ2) is 10.9. The van der Waals surface area contributed by atoms with Gasteiger partial charge in [-0.1, -0.05) is 104 Å². The van der Waals surface area contributed by atoms with E-state index in [0.29, 0.717) is 0 Å². The lowest BCUT2D eigenvalue weighted by atomic mass is 9.82. The van der Waals surface area contributed by atoms with Gasteiger partial charge in [-0.25, -0.2) is 0 Å². The Morgan fingerprint density at radius 1 is 0.778 bits per heavy atom. The van der Waals surface area contributed by atoms with Crippen molar-refractivity contribution >= 4 is 0 Å². The van der Waals surface area contributed by atoms with Crippen LogP contribution in [0.3, 0.4) is 0 Å². The van der Waals surface area contributed by atoms with E-state index in [-0.39, 0.29) is 0 Å². The summed E-state index contributed by atoms with van der Waals surface area (Å²) in [5.41, 5.74) is 0. The zero-order valence-corrected chi connectivity index (χ0v) is 13.1. The Hall–Kier alpha value is 0. The number of unbranched alkanes of at least 4 members (excludes halogenated alkanes) is 3. The van der Waals surface area contributed by atoms with Gasteiger partial charge in [0.2, 0.25) is 0 Å². The zero-order valence-electron chi connectivity index (χ0n) is 13.1. The maximum absolute atomic E-state index is 2.36. The molecule has 1 aliphatic carbocycles. The molecular formula is C18H36. The molecule has 18 heavy (non-hydrogen) atoms. The lowest BCUT2D eigenvalue weighted by molar-refractivity contribution is 0.291. The van der Waals surface area contributed by atoms with E-state index in [1.165, 1.54) is 83.5 Å². The van der Waals surface area contributed by atoms with E-state index >= 15 is 0 Å². The van der Waals surface area contributed by atoms with Crippen LogP contribution in [0.2, 0.25) is 0 Å². The molecular weight excluding hydrogens is 216 g/mol. The lowest BCUT2D eigenvalue weighted by Gasteiger charge is -2.24. The van der Waals surface area contributed by atoms with E-state index < -0.39 is 0 Å². The molecule has 0 heterocycles. The van der Waals surface area contributed by atoms with Crippen LogP contribution in [0.4, 0.5) is 0 Å². The third kappa shape index (κ3) is 7.44. The highest BCUT2D eigenvalue weighted by atomic mass is 14.2. The molecule has 0 amide bonds. The van der Waals surface area contributed by atoms with Gasteiger partial charge in [-0.05, 0) is 11.8 Å². The Morgan fingerprint density at radius 2 is 1.56 bits per heavy atom. The maximum atomic E-state index is 2.36. The molecule has 0 spiro atoms. The molecule has 0 N–H and O–H groups in total. The summed E-state index contributed by atoms with van der Waals surface area (Å²) < 4.78 is 0. The van der Waals surface area contributed by atoms with E-state index in [2.05, 4.69) is 13.8 Å². The fourth-order valence-electron chi connectivity index (χ4n) is 3.65. The first-order valence-electron chi connectivity index (χ1n) is 8.86. The van der Waals surface area contributed by atoms with Crippen LogP contribution in [0.25, 0.3) is 0 Å². The Balaban J connectivity index is 2.11. The summed E-state index contributed by atoms with van der Waals surface area (Å²) in [6, 6.07) is 0. The lowest BCUT2D eigenvalue weighted by Crippen LogP contribution is -2.09. The van der Waals surface area contributed by atoms with Crippen LogP contribution in [0, 0.1) is 11.8 Å². The van der Waals surface area contributed by atoms with Crippen LogP contribution >= 0.6 is 0 Å². The quantitative estimate of drug-likeness (QED) is 0.378. The first-order valence-corrected chi connectivity index (χ1v) is 8.86. The molecule has 0 saturated heterocycles. The van der Waals surface area contributed by atoms with Crippen molar-refractivity contribution in [1.29, 1.82) is 0 Å². The van der Waals surface area contributed by atoms with Crippen molar-refractivity contribution in [2.75, 3.05) is 0 Å². The van der Waals surface area contributed by atoms with Crippen molar-refractivity contribution in [3.63, 3.8) is 0 Å². The number of rotatable bonds is 10. The van der Waals surface area contributed by atoms with Crippen molar-refractivity contribution in [3.8, 4) is 0 Å². The molecule has 0 nitrogen and oxygen atoms in total. The molecule has 0 aromatic heterocycles. The van der Waals surface area contributed by atoms with E-state index in [1.54, 1.807) is 6.42 Å². The second-order valence-corrected chi connectivity index (χ2v) is 6.59. The summed E-state index contributed by atoms with van der Waals surface area (Å²) in [6.45, 7) is 4.67. The zero-order chi connectivity index (χ0) is 13.1. The summed E-state index contributed by atoms with van der Waals surface area (Å²) in [4.78, 5) is 0. The van der Waals surface area contributed by atoms with Crippen LogP contribution in [0.15, 0.2) is 0 Å². The molecule has 0 aliphatic heterocycles. The second-order valence-electron chi connectivity index (χ2n) is 6.59. The molecule has 1 fully saturated rings. The van der Waals surface area contributed by atoms with E-state index in [0.717, 1.165) is 11.8 Å². The molecule has 1 rings (SSSR count). The Bertz CT molecular complexity index is 167. The predicted octanol–water partition coefficient (Wildman–Crippen LogP) is 6.73. The Kier molecular flexibility index (Phi) is 9.70. The standard InChI is InChI=1S/C18H36/c1-3-5-6-8-12-17(11-4-2)15-16-18-13-9-7-10-14-18/h17-18H,3-16H2,1-2H3. The summed E-state index contributed by atoms with van der Waals surface area (Å²) in [5.74, 6) is 2.14. The van der Waals surface area contributed by atoms with Gasteiger partial charge in [-0.2, -0.15) is 0 Å². The molecule has 1 atom stereocenters. The molecule has 0 aromatic carbocycles. The minimum atomic E-state index is 1.05. The highest BCUT2D eigenvalue weighted by Crippen LogP contribution is 2.31. The van der Waals surface area contributed by atoms with Crippen molar-refractivity contribution in [2.24, 2.45) is 11.8 Å². The Labute approximate surface area is 116 Å². The van der Waals surface area contributed by atoms with Gasteiger partial charge in [0, 0.05) is 0 Å². The van der Waals surface area contributed by atoms with Crippen LogP contribution in [-0.2, 0) is 0 Å². The average molecular weight is 252 g/mol. The monoisotopic (exact) mass is 252 g/mol. The number of hydrogen-bond donors (Lipinski definition) is 0. The number of hydrogen-bond acceptors (Lipinski definition) is 0. The van der Waals surface area contributed by atoms with Gasteiger partial charge in [0.05, 0.1) is 0 Å². The molecule has 1 unspecified atom stereocenters. The topological polar surface area (TPSA) is 0 Å². The normalized spacial score (nSPS) is 19.0. The average Bonchev–Trinajstić information content (AvgIpc) is 2.42. The fourth-order valence-corrected chi connectivity index (χ4v) is 3.65. The molecule has 1 saturated carbocycles. The van der Waals surface area contributed by atoms with E-state index in [1.807, 2.05) is 0 Å². The molecule has 0 radical (unpaired) electrons. The van der Waals surface area contributed by atoms with Crippen LogP contribution in [0.1, 0.15) is 104 Å². The highest BCUT2D eigenvalue weighted by Gasteiger charge is 2.15. The minimum absolute atomic E-state index is 1.05. The predicted molar refractivity (Wildman–Crippen MR) is 83.0 cm³/mol. The summed E-state index contributed by atoms with van der Waals surface area (Å²) in [7, 11) is 0. The minimum Gasteiger partial charge on any atom is -0.0654 e. The molecule has 1 aliphatic rings. The van der Waals surface area contributed by atoms with Gasteiger partial charge in [0.15, 0.2) is 0 Å². The fraction of sp³-hybridized carbons (Fsp3) is 1.00. The van der Waals surface area contributed by atoms with Crippen LogP contribution < -0.4 is 0 Å². The third-order valence-corrected chi connectivity index (χ3v) is 4.87. The third-order valence-electron chi connectivity index (χ3n) is 4.87. The van der Waals surface area contributed by atoms with E-state index in [4.69, 9.17) is 0 Å². The van der Waals surface area contributed by atoms with Crippen LogP contribution in [-0.4, -0.2) is 0 Å². The summed E-state index contributed by atoms with van der Waals surface area (Å²) in [5, 5.41) is 0. The van der Waals surface area contributed by atoms with Gasteiger partial charge in [0.1, 0.15) is 0 Å². The van der Waals surface area contributed by atoms with Gasteiger partial charge in [0.25, 0.3) is 0 Å². The summed E-state index contributed by atoms with van der Waals surface area (Å²) in [6.07, 6.45) is 20.9.